The lowest BCUT2D eigenvalue weighted by atomic mass is 10.2. The van der Waals surface area contributed by atoms with E-state index in [4.69, 9.17) is 21.1 Å². The summed E-state index contributed by atoms with van der Waals surface area (Å²) >= 11 is 7.33. The van der Waals surface area contributed by atoms with Crippen LogP contribution in [-0.2, 0) is 4.79 Å². The number of hydrogen-bond acceptors (Lipinski definition) is 5. The van der Waals surface area contributed by atoms with E-state index in [-0.39, 0.29) is 12.5 Å². The fourth-order valence-corrected chi connectivity index (χ4v) is 3.09. The van der Waals surface area contributed by atoms with Gasteiger partial charge in [0, 0.05) is 16.0 Å². The van der Waals surface area contributed by atoms with Crippen molar-refractivity contribution < 1.29 is 14.3 Å². The highest BCUT2D eigenvalue weighted by Gasteiger charge is 2.09. The van der Waals surface area contributed by atoms with Crippen LogP contribution in [0.3, 0.4) is 0 Å². The molecule has 3 aromatic rings. The summed E-state index contributed by atoms with van der Waals surface area (Å²) in [5.74, 6) is 1.11. The Balaban J connectivity index is 1.57. The summed E-state index contributed by atoms with van der Waals surface area (Å²) in [6.07, 6.45) is 0. The van der Waals surface area contributed by atoms with Gasteiger partial charge in [0.05, 0.1) is 12.8 Å². The zero-order valence-corrected chi connectivity index (χ0v) is 15.9. The minimum Gasteiger partial charge on any atom is -0.497 e. The Kier molecular flexibility index (Phi) is 5.75. The van der Waals surface area contributed by atoms with Gasteiger partial charge in [0.25, 0.3) is 5.91 Å². The number of nitrogens with zero attached hydrogens (tertiary/aromatic N) is 1. The van der Waals surface area contributed by atoms with Crippen LogP contribution >= 0.6 is 22.9 Å². The fourth-order valence-electron chi connectivity index (χ4n) is 2.24. The van der Waals surface area contributed by atoms with Crippen molar-refractivity contribution in [1.82, 2.24) is 4.98 Å². The minimum absolute atomic E-state index is 0.0987. The van der Waals surface area contributed by atoms with E-state index in [2.05, 4.69) is 10.3 Å². The number of aromatic nitrogens is 1. The first-order valence-electron chi connectivity index (χ1n) is 7.84. The van der Waals surface area contributed by atoms with E-state index in [0.717, 1.165) is 22.6 Å². The summed E-state index contributed by atoms with van der Waals surface area (Å²) < 4.78 is 10.6. The van der Waals surface area contributed by atoms with Crippen LogP contribution in [0.25, 0.3) is 11.3 Å². The molecule has 5 nitrogen and oxygen atoms in total. The SMILES string of the molecule is COc1ccc(-c2csc(NC(=O)COc3ccc(Cl)c(C)c3)n2)cc1. The van der Waals surface area contributed by atoms with E-state index in [1.807, 2.05) is 36.6 Å². The van der Waals surface area contributed by atoms with E-state index in [0.29, 0.717) is 15.9 Å². The van der Waals surface area contributed by atoms with Crippen molar-refractivity contribution in [3.8, 4) is 22.8 Å². The van der Waals surface area contributed by atoms with Gasteiger partial charge >= 0.3 is 0 Å². The van der Waals surface area contributed by atoms with E-state index < -0.39 is 0 Å². The molecule has 1 heterocycles. The normalized spacial score (nSPS) is 10.4. The monoisotopic (exact) mass is 388 g/mol. The number of thiazole rings is 1. The average molecular weight is 389 g/mol. The van der Waals surface area contributed by atoms with Crippen molar-refractivity contribution in [3.05, 3.63) is 58.4 Å². The Hall–Kier alpha value is -2.57. The third-order valence-electron chi connectivity index (χ3n) is 3.64. The molecule has 3 rings (SSSR count). The maximum absolute atomic E-state index is 12.1. The van der Waals surface area contributed by atoms with Crippen LogP contribution in [0.5, 0.6) is 11.5 Å². The van der Waals surface area contributed by atoms with Gasteiger partial charge in [0.15, 0.2) is 11.7 Å². The molecule has 0 fully saturated rings. The molecule has 0 radical (unpaired) electrons. The molecule has 0 aliphatic heterocycles. The summed E-state index contributed by atoms with van der Waals surface area (Å²) in [5.41, 5.74) is 2.64. The first-order chi connectivity index (χ1) is 12.5. The largest absolute Gasteiger partial charge is 0.497 e. The summed E-state index contributed by atoms with van der Waals surface area (Å²) in [5, 5.41) is 5.82. The standard InChI is InChI=1S/C19H17ClN2O3S/c1-12-9-15(7-8-16(12)20)25-10-18(23)22-19-21-17(11-26-19)13-3-5-14(24-2)6-4-13/h3-9,11H,10H2,1-2H3,(H,21,22,23). The van der Waals surface area contributed by atoms with Crippen molar-refractivity contribution >= 4 is 34.0 Å². The average Bonchev–Trinajstić information content (AvgIpc) is 3.11. The lowest BCUT2D eigenvalue weighted by Gasteiger charge is -2.07. The molecule has 0 aliphatic carbocycles. The number of benzene rings is 2. The first-order valence-corrected chi connectivity index (χ1v) is 9.09. The Bertz CT molecular complexity index is 909. The summed E-state index contributed by atoms with van der Waals surface area (Å²) in [7, 11) is 1.62. The smallest absolute Gasteiger partial charge is 0.264 e. The van der Waals surface area contributed by atoms with E-state index in [1.165, 1.54) is 11.3 Å². The number of rotatable bonds is 6. The Morgan fingerprint density at radius 1 is 1.19 bits per heavy atom. The van der Waals surface area contributed by atoms with Crippen LogP contribution < -0.4 is 14.8 Å². The van der Waals surface area contributed by atoms with Gasteiger partial charge in [0.2, 0.25) is 0 Å². The molecule has 1 amide bonds. The molecule has 0 saturated carbocycles. The van der Waals surface area contributed by atoms with Gasteiger partial charge < -0.3 is 9.47 Å². The first kappa shape index (κ1) is 18.2. The summed E-state index contributed by atoms with van der Waals surface area (Å²) in [4.78, 5) is 16.5. The van der Waals surface area contributed by atoms with Crippen LogP contribution in [0, 0.1) is 6.92 Å². The van der Waals surface area contributed by atoms with Crippen LogP contribution in [-0.4, -0.2) is 24.6 Å². The number of methoxy groups -OCH3 is 1. The second kappa shape index (κ2) is 8.21. The van der Waals surface area contributed by atoms with Crippen LogP contribution in [0.1, 0.15) is 5.56 Å². The third-order valence-corrected chi connectivity index (χ3v) is 4.82. The lowest BCUT2D eigenvalue weighted by Crippen LogP contribution is -2.20. The third kappa shape index (κ3) is 4.53. The van der Waals surface area contributed by atoms with E-state index in [9.17, 15) is 4.79 Å². The molecule has 26 heavy (non-hydrogen) atoms. The second-order valence-electron chi connectivity index (χ2n) is 5.51. The molecule has 0 aliphatic rings. The van der Waals surface area contributed by atoms with Gasteiger partial charge in [-0.1, -0.05) is 11.6 Å². The minimum atomic E-state index is -0.270. The van der Waals surface area contributed by atoms with Crippen LogP contribution in [0.15, 0.2) is 47.8 Å². The molecule has 0 spiro atoms. The zero-order chi connectivity index (χ0) is 18.5. The predicted octanol–water partition coefficient (Wildman–Crippen LogP) is 4.80. The molecule has 0 unspecified atom stereocenters. The quantitative estimate of drug-likeness (QED) is 0.659. The van der Waals surface area contributed by atoms with E-state index >= 15 is 0 Å². The number of carbonyl (C=O) groups excluding carboxylic acids is 1. The lowest BCUT2D eigenvalue weighted by molar-refractivity contribution is -0.118. The van der Waals surface area contributed by atoms with Gasteiger partial charge in [-0.05, 0) is 55.0 Å². The van der Waals surface area contributed by atoms with Gasteiger partial charge in [0.1, 0.15) is 11.5 Å². The molecule has 1 aromatic heterocycles. The van der Waals surface area contributed by atoms with Crippen molar-refractivity contribution in [2.24, 2.45) is 0 Å². The number of anilines is 1. The maximum Gasteiger partial charge on any atom is 0.264 e. The maximum atomic E-state index is 12.1. The molecule has 0 saturated heterocycles. The van der Waals surface area contributed by atoms with Crippen LogP contribution in [0.2, 0.25) is 5.02 Å². The number of halogens is 1. The Labute approximate surface area is 160 Å². The molecule has 7 heteroatoms. The van der Waals surface area contributed by atoms with Crippen LogP contribution in [0.4, 0.5) is 5.13 Å². The Morgan fingerprint density at radius 3 is 2.62 bits per heavy atom. The summed E-state index contributed by atoms with van der Waals surface area (Å²) in [6.45, 7) is 1.78. The van der Waals surface area contributed by atoms with Gasteiger partial charge in [-0.15, -0.1) is 11.3 Å². The van der Waals surface area contributed by atoms with Gasteiger partial charge in [-0.25, -0.2) is 4.98 Å². The number of amides is 1. The highest BCUT2D eigenvalue weighted by Crippen LogP contribution is 2.26. The van der Waals surface area contributed by atoms with Crippen molar-refractivity contribution in [2.75, 3.05) is 19.0 Å². The topological polar surface area (TPSA) is 60.5 Å². The number of aryl methyl sites for hydroxylation is 1. The predicted molar refractivity (Wildman–Crippen MR) is 104 cm³/mol. The molecule has 2 aromatic carbocycles. The van der Waals surface area contributed by atoms with Crippen molar-refractivity contribution in [2.45, 2.75) is 6.92 Å². The second-order valence-corrected chi connectivity index (χ2v) is 6.78. The highest BCUT2D eigenvalue weighted by atomic mass is 35.5. The highest BCUT2D eigenvalue weighted by molar-refractivity contribution is 7.14. The van der Waals surface area contributed by atoms with E-state index in [1.54, 1.807) is 25.3 Å². The number of carbonyl (C=O) groups is 1. The molecule has 1 N–H and O–H groups in total. The molecular formula is C19H17ClN2O3S. The zero-order valence-electron chi connectivity index (χ0n) is 14.3. The number of ether oxygens (including phenoxy) is 2. The Morgan fingerprint density at radius 2 is 1.92 bits per heavy atom. The summed E-state index contributed by atoms with van der Waals surface area (Å²) in [6, 6.07) is 12.8. The van der Waals surface area contributed by atoms with Gasteiger partial charge in [-0.2, -0.15) is 0 Å². The van der Waals surface area contributed by atoms with Crippen molar-refractivity contribution in [1.29, 1.82) is 0 Å². The molecule has 134 valence electrons. The number of hydrogen-bond donors (Lipinski definition) is 1. The molecule has 0 bridgehead atoms. The molecule has 0 atom stereocenters. The fraction of sp³-hybridized carbons (Fsp3) is 0.158. The van der Waals surface area contributed by atoms with Crippen molar-refractivity contribution in [3.63, 3.8) is 0 Å². The van der Waals surface area contributed by atoms with Gasteiger partial charge in [-0.3, -0.25) is 10.1 Å². The molecular weight excluding hydrogens is 372 g/mol. The number of nitrogens with one attached hydrogen (secondary N) is 1.